The van der Waals surface area contributed by atoms with E-state index in [2.05, 4.69) is 10.3 Å². The zero-order valence-electron chi connectivity index (χ0n) is 14.4. The summed E-state index contributed by atoms with van der Waals surface area (Å²) in [6.45, 7) is 1.56. The van der Waals surface area contributed by atoms with Gasteiger partial charge in [-0.15, -0.1) is 11.3 Å². The lowest BCUT2D eigenvalue weighted by Gasteiger charge is -2.05. The Hall–Kier alpha value is -3.33. The van der Waals surface area contributed by atoms with Crippen LogP contribution in [0.25, 0.3) is 11.3 Å². The highest BCUT2D eigenvalue weighted by atomic mass is 32.1. The number of thiazole rings is 1. The molecule has 0 aliphatic heterocycles. The van der Waals surface area contributed by atoms with Crippen LogP contribution in [-0.2, 0) is 0 Å². The molecule has 0 saturated carbocycles. The Morgan fingerprint density at radius 3 is 2.78 bits per heavy atom. The first kappa shape index (κ1) is 18.5. The van der Waals surface area contributed by atoms with Crippen LogP contribution < -0.4 is 10.1 Å². The Labute approximate surface area is 157 Å². The summed E-state index contributed by atoms with van der Waals surface area (Å²) in [4.78, 5) is 27.4. The molecule has 0 saturated heterocycles. The van der Waals surface area contributed by atoms with Gasteiger partial charge in [-0.25, -0.2) is 9.37 Å². The number of ether oxygens (including phenoxy) is 1. The Balaban J connectivity index is 1.84. The summed E-state index contributed by atoms with van der Waals surface area (Å²) in [6.07, 6.45) is 0. The van der Waals surface area contributed by atoms with E-state index in [0.717, 1.165) is 11.3 Å². The Bertz CT molecular complexity index is 1040. The molecule has 1 amide bonds. The lowest BCUT2D eigenvalue weighted by Crippen LogP contribution is -2.14. The van der Waals surface area contributed by atoms with Crippen LogP contribution in [0.3, 0.4) is 0 Å². The van der Waals surface area contributed by atoms with Gasteiger partial charge in [0.1, 0.15) is 5.56 Å². The summed E-state index contributed by atoms with van der Waals surface area (Å²) in [5.41, 5.74) is 1.08. The molecule has 138 valence electrons. The molecule has 1 aromatic heterocycles. The molecule has 3 rings (SSSR count). The van der Waals surface area contributed by atoms with E-state index in [-0.39, 0.29) is 22.1 Å². The van der Waals surface area contributed by atoms with Crippen LogP contribution >= 0.6 is 11.3 Å². The molecule has 7 nitrogen and oxygen atoms in total. The molecule has 0 spiro atoms. The second-order valence-electron chi connectivity index (χ2n) is 5.57. The third kappa shape index (κ3) is 3.77. The van der Waals surface area contributed by atoms with Crippen LogP contribution in [0.4, 0.5) is 15.2 Å². The van der Waals surface area contributed by atoms with Crippen molar-refractivity contribution in [1.29, 1.82) is 0 Å². The quantitative estimate of drug-likeness (QED) is 0.516. The normalized spacial score (nSPS) is 10.5. The van der Waals surface area contributed by atoms with E-state index in [1.54, 1.807) is 30.5 Å². The number of nitrogens with one attached hydrogen (secondary N) is 1. The summed E-state index contributed by atoms with van der Waals surface area (Å²) in [7, 11) is 1.37. The van der Waals surface area contributed by atoms with Gasteiger partial charge in [0.2, 0.25) is 0 Å². The molecule has 0 aliphatic carbocycles. The third-order valence-electron chi connectivity index (χ3n) is 3.84. The van der Waals surface area contributed by atoms with Gasteiger partial charge in [0.15, 0.2) is 16.7 Å². The van der Waals surface area contributed by atoms with Gasteiger partial charge in [-0.2, -0.15) is 0 Å². The second kappa shape index (κ2) is 7.50. The molecule has 0 bridgehead atoms. The average molecular weight is 387 g/mol. The number of nitrogens with zero attached hydrogens (tertiary/aromatic N) is 2. The first-order valence-corrected chi connectivity index (χ1v) is 8.63. The van der Waals surface area contributed by atoms with E-state index < -0.39 is 16.6 Å². The topological polar surface area (TPSA) is 94.4 Å². The van der Waals surface area contributed by atoms with E-state index in [1.165, 1.54) is 25.3 Å². The van der Waals surface area contributed by atoms with Crippen molar-refractivity contribution in [3.05, 3.63) is 68.8 Å². The van der Waals surface area contributed by atoms with Crippen LogP contribution in [0.5, 0.6) is 5.75 Å². The number of benzene rings is 2. The first-order chi connectivity index (χ1) is 12.9. The molecule has 0 fully saturated rings. The summed E-state index contributed by atoms with van der Waals surface area (Å²) < 4.78 is 18.7. The number of halogens is 1. The highest BCUT2D eigenvalue weighted by molar-refractivity contribution is 7.14. The maximum absolute atomic E-state index is 13.8. The standard InChI is InChI=1S/C18H14FN3O4S/c1-10-4-3-5-12(16(10)22(24)25)17(23)21-18-20-14(9-27-18)11-6-7-15(26-2)13(19)8-11/h3-9H,1-2H3,(H,20,21,23). The maximum Gasteiger partial charge on any atom is 0.285 e. The van der Waals surface area contributed by atoms with Gasteiger partial charge in [-0.3, -0.25) is 20.2 Å². The van der Waals surface area contributed by atoms with Gasteiger partial charge < -0.3 is 4.74 Å². The van der Waals surface area contributed by atoms with Crippen molar-refractivity contribution < 1.29 is 18.8 Å². The number of hydrogen-bond donors (Lipinski definition) is 1. The number of carbonyl (C=O) groups excluding carboxylic acids is 1. The summed E-state index contributed by atoms with van der Waals surface area (Å²) in [5.74, 6) is -1.04. The molecule has 3 aromatic rings. The number of para-hydroxylation sites is 1. The Kier molecular flexibility index (Phi) is 5.13. The molecular formula is C18H14FN3O4S. The number of hydrogen-bond acceptors (Lipinski definition) is 6. The molecule has 0 radical (unpaired) electrons. The molecular weight excluding hydrogens is 373 g/mol. The zero-order chi connectivity index (χ0) is 19.6. The van der Waals surface area contributed by atoms with Gasteiger partial charge in [0.05, 0.1) is 17.7 Å². The smallest absolute Gasteiger partial charge is 0.285 e. The van der Waals surface area contributed by atoms with Crippen LogP contribution in [0.2, 0.25) is 0 Å². The van der Waals surface area contributed by atoms with Crippen molar-refractivity contribution in [2.24, 2.45) is 0 Å². The Morgan fingerprint density at radius 1 is 1.33 bits per heavy atom. The van der Waals surface area contributed by atoms with Crippen molar-refractivity contribution in [2.45, 2.75) is 6.92 Å². The third-order valence-corrected chi connectivity index (χ3v) is 4.59. The van der Waals surface area contributed by atoms with Gasteiger partial charge >= 0.3 is 0 Å². The van der Waals surface area contributed by atoms with E-state index in [1.807, 2.05) is 0 Å². The number of anilines is 1. The highest BCUT2D eigenvalue weighted by Gasteiger charge is 2.23. The lowest BCUT2D eigenvalue weighted by atomic mass is 10.1. The number of rotatable bonds is 5. The molecule has 27 heavy (non-hydrogen) atoms. The number of nitro groups is 1. The van der Waals surface area contributed by atoms with Gasteiger partial charge in [0.25, 0.3) is 11.6 Å². The van der Waals surface area contributed by atoms with Crippen LogP contribution in [-0.4, -0.2) is 22.9 Å². The average Bonchev–Trinajstić information content (AvgIpc) is 3.09. The number of nitro benzene ring substituents is 1. The molecule has 0 unspecified atom stereocenters. The number of aryl methyl sites for hydroxylation is 1. The molecule has 0 atom stereocenters. The minimum Gasteiger partial charge on any atom is -0.494 e. The second-order valence-corrected chi connectivity index (χ2v) is 6.43. The van der Waals surface area contributed by atoms with Crippen molar-refractivity contribution in [2.75, 3.05) is 12.4 Å². The number of amides is 1. The van der Waals surface area contributed by atoms with E-state index in [4.69, 9.17) is 4.74 Å². The Morgan fingerprint density at radius 2 is 2.11 bits per heavy atom. The van der Waals surface area contributed by atoms with Crippen molar-refractivity contribution in [1.82, 2.24) is 4.98 Å². The molecule has 0 aliphatic rings. The highest BCUT2D eigenvalue weighted by Crippen LogP contribution is 2.29. The zero-order valence-corrected chi connectivity index (χ0v) is 15.2. The van der Waals surface area contributed by atoms with Crippen LogP contribution in [0.15, 0.2) is 41.8 Å². The fourth-order valence-corrected chi connectivity index (χ4v) is 3.25. The lowest BCUT2D eigenvalue weighted by molar-refractivity contribution is -0.385. The van der Waals surface area contributed by atoms with Crippen molar-refractivity contribution >= 4 is 28.1 Å². The summed E-state index contributed by atoms with van der Waals surface area (Å²) in [6, 6.07) is 8.93. The molecule has 9 heteroatoms. The monoisotopic (exact) mass is 387 g/mol. The molecule has 1 N–H and O–H groups in total. The largest absolute Gasteiger partial charge is 0.494 e. The molecule has 1 heterocycles. The summed E-state index contributed by atoms with van der Waals surface area (Å²) in [5, 5.41) is 15.7. The minimum atomic E-state index is -0.632. The first-order valence-electron chi connectivity index (χ1n) is 7.75. The number of carbonyl (C=O) groups is 1. The predicted octanol–water partition coefficient (Wildman–Crippen LogP) is 4.43. The fraction of sp³-hybridized carbons (Fsp3) is 0.111. The van der Waals surface area contributed by atoms with Crippen LogP contribution in [0, 0.1) is 22.9 Å². The number of aromatic nitrogens is 1. The van der Waals surface area contributed by atoms with Gasteiger partial charge in [-0.05, 0) is 31.2 Å². The maximum atomic E-state index is 13.8. The number of methoxy groups -OCH3 is 1. The van der Waals surface area contributed by atoms with Gasteiger partial charge in [0, 0.05) is 16.5 Å². The van der Waals surface area contributed by atoms with Gasteiger partial charge in [-0.1, -0.05) is 12.1 Å². The van der Waals surface area contributed by atoms with Crippen LogP contribution in [0.1, 0.15) is 15.9 Å². The van der Waals surface area contributed by atoms with E-state index in [0.29, 0.717) is 16.8 Å². The van der Waals surface area contributed by atoms with Crippen molar-refractivity contribution in [3.63, 3.8) is 0 Å². The van der Waals surface area contributed by atoms with Crippen molar-refractivity contribution in [3.8, 4) is 17.0 Å². The summed E-state index contributed by atoms with van der Waals surface area (Å²) >= 11 is 1.14. The van der Waals surface area contributed by atoms with E-state index in [9.17, 15) is 19.3 Å². The SMILES string of the molecule is COc1ccc(-c2csc(NC(=O)c3cccc(C)c3[N+](=O)[O-])n2)cc1F. The molecule has 2 aromatic carbocycles. The fourth-order valence-electron chi connectivity index (χ4n) is 2.54. The van der Waals surface area contributed by atoms with E-state index >= 15 is 0 Å². The minimum absolute atomic E-state index is 0.0489. The predicted molar refractivity (Wildman–Crippen MR) is 99.8 cm³/mol.